The van der Waals surface area contributed by atoms with Crippen LogP contribution < -0.4 is 5.32 Å². The van der Waals surface area contributed by atoms with E-state index >= 15 is 0 Å². The first kappa shape index (κ1) is 14.0. The number of aromatic amines is 1. The van der Waals surface area contributed by atoms with Crippen LogP contribution in [0, 0.1) is 0 Å². The van der Waals surface area contributed by atoms with Crippen molar-refractivity contribution in [2.24, 2.45) is 0 Å². The van der Waals surface area contributed by atoms with E-state index in [0.717, 1.165) is 12.2 Å². The molecule has 1 saturated carbocycles. The lowest BCUT2D eigenvalue weighted by atomic mass is 10.2. The molecule has 112 valence electrons. The standard InChI is InChI=1S/C15H21N5O/c1-9(8-20(2)3)18-15(21)11-6-16-14-13(11)19-12(7-17-14)10-4-5-10/h6-7,9-10H,4-5,8H2,1-3H3,(H,16,17)(H,18,21). The zero-order valence-corrected chi connectivity index (χ0v) is 12.7. The summed E-state index contributed by atoms with van der Waals surface area (Å²) < 4.78 is 0. The number of fused-ring (bicyclic) bond motifs is 1. The molecule has 1 atom stereocenters. The maximum absolute atomic E-state index is 12.4. The van der Waals surface area contributed by atoms with Crippen LogP contribution in [-0.4, -0.2) is 52.4 Å². The Morgan fingerprint density at radius 2 is 2.29 bits per heavy atom. The summed E-state index contributed by atoms with van der Waals surface area (Å²) in [6.07, 6.45) is 5.85. The van der Waals surface area contributed by atoms with Crippen molar-refractivity contribution in [3.8, 4) is 0 Å². The molecule has 1 fully saturated rings. The lowest BCUT2D eigenvalue weighted by molar-refractivity contribution is 0.0936. The van der Waals surface area contributed by atoms with Gasteiger partial charge in [-0.3, -0.25) is 4.79 Å². The van der Waals surface area contributed by atoms with Crippen LogP contribution in [0.15, 0.2) is 12.4 Å². The molecule has 0 aromatic carbocycles. The molecule has 0 spiro atoms. The summed E-state index contributed by atoms with van der Waals surface area (Å²) in [5, 5.41) is 3.00. The summed E-state index contributed by atoms with van der Waals surface area (Å²) in [7, 11) is 3.98. The fraction of sp³-hybridized carbons (Fsp3) is 0.533. The quantitative estimate of drug-likeness (QED) is 0.874. The maximum Gasteiger partial charge on any atom is 0.255 e. The zero-order chi connectivity index (χ0) is 15.0. The highest BCUT2D eigenvalue weighted by Gasteiger charge is 2.26. The molecule has 1 aliphatic carbocycles. The molecule has 0 saturated heterocycles. The molecule has 3 rings (SSSR count). The number of hydrogen-bond donors (Lipinski definition) is 2. The first-order chi connectivity index (χ1) is 10.0. The lowest BCUT2D eigenvalue weighted by Gasteiger charge is -2.17. The minimum absolute atomic E-state index is 0.0806. The van der Waals surface area contributed by atoms with Gasteiger partial charge in [0.2, 0.25) is 0 Å². The second kappa shape index (κ2) is 5.44. The van der Waals surface area contributed by atoms with Crippen molar-refractivity contribution >= 4 is 17.1 Å². The van der Waals surface area contributed by atoms with E-state index in [2.05, 4.69) is 20.3 Å². The number of amides is 1. The summed E-state index contributed by atoms with van der Waals surface area (Å²) in [6.45, 7) is 2.79. The van der Waals surface area contributed by atoms with Crippen molar-refractivity contribution in [3.63, 3.8) is 0 Å². The van der Waals surface area contributed by atoms with E-state index in [0.29, 0.717) is 22.6 Å². The van der Waals surface area contributed by atoms with Gasteiger partial charge in [0.25, 0.3) is 5.91 Å². The Hall–Kier alpha value is -1.95. The van der Waals surface area contributed by atoms with Crippen molar-refractivity contribution in [2.75, 3.05) is 20.6 Å². The Bertz CT molecular complexity index is 659. The first-order valence-electron chi connectivity index (χ1n) is 7.34. The third-order valence-electron chi connectivity index (χ3n) is 3.66. The fourth-order valence-corrected chi connectivity index (χ4v) is 2.55. The number of nitrogens with one attached hydrogen (secondary N) is 2. The molecule has 1 amide bonds. The van der Waals surface area contributed by atoms with Crippen LogP contribution in [0.25, 0.3) is 11.2 Å². The van der Waals surface area contributed by atoms with Gasteiger partial charge in [-0.2, -0.15) is 0 Å². The molecule has 1 aliphatic rings. The van der Waals surface area contributed by atoms with E-state index in [4.69, 9.17) is 0 Å². The van der Waals surface area contributed by atoms with Gasteiger partial charge < -0.3 is 15.2 Å². The van der Waals surface area contributed by atoms with Gasteiger partial charge >= 0.3 is 0 Å². The SMILES string of the molecule is CC(CN(C)C)NC(=O)c1c[nH]c2ncc(C3CC3)nc12. The molecule has 6 nitrogen and oxygen atoms in total. The van der Waals surface area contributed by atoms with Crippen LogP contribution >= 0.6 is 0 Å². The predicted octanol–water partition coefficient (Wildman–Crippen LogP) is 1.52. The van der Waals surface area contributed by atoms with E-state index in [-0.39, 0.29) is 11.9 Å². The van der Waals surface area contributed by atoms with E-state index in [9.17, 15) is 4.79 Å². The molecule has 0 aliphatic heterocycles. The smallest absolute Gasteiger partial charge is 0.255 e. The topological polar surface area (TPSA) is 73.9 Å². The number of rotatable bonds is 5. The van der Waals surface area contributed by atoms with Gasteiger partial charge in [0, 0.05) is 24.7 Å². The van der Waals surface area contributed by atoms with Crippen molar-refractivity contribution in [1.82, 2.24) is 25.2 Å². The van der Waals surface area contributed by atoms with E-state index in [1.807, 2.05) is 32.1 Å². The van der Waals surface area contributed by atoms with Crippen molar-refractivity contribution in [1.29, 1.82) is 0 Å². The van der Waals surface area contributed by atoms with Crippen molar-refractivity contribution in [3.05, 3.63) is 23.7 Å². The van der Waals surface area contributed by atoms with Crippen LogP contribution in [0.4, 0.5) is 0 Å². The van der Waals surface area contributed by atoms with E-state index < -0.39 is 0 Å². The monoisotopic (exact) mass is 287 g/mol. The molecule has 2 N–H and O–H groups in total. The molecule has 6 heteroatoms. The van der Waals surface area contributed by atoms with Gasteiger partial charge in [-0.05, 0) is 33.9 Å². The highest BCUT2D eigenvalue weighted by molar-refractivity contribution is 6.04. The van der Waals surface area contributed by atoms with Gasteiger partial charge in [-0.15, -0.1) is 0 Å². The summed E-state index contributed by atoms with van der Waals surface area (Å²) in [5.74, 6) is 0.429. The van der Waals surface area contributed by atoms with Crippen molar-refractivity contribution < 1.29 is 4.79 Å². The second-order valence-electron chi connectivity index (χ2n) is 6.11. The van der Waals surface area contributed by atoms with Gasteiger partial charge in [-0.1, -0.05) is 0 Å². The summed E-state index contributed by atoms with van der Waals surface area (Å²) >= 11 is 0. The first-order valence-corrected chi connectivity index (χ1v) is 7.34. The Balaban J connectivity index is 1.82. The second-order valence-corrected chi connectivity index (χ2v) is 6.11. The van der Waals surface area contributed by atoms with Gasteiger partial charge in [0.1, 0.15) is 5.52 Å². The summed E-state index contributed by atoms with van der Waals surface area (Å²) in [5.41, 5.74) is 2.92. The third kappa shape index (κ3) is 3.05. The number of H-pyrrole nitrogens is 1. The molecule has 0 radical (unpaired) electrons. The maximum atomic E-state index is 12.4. The molecular weight excluding hydrogens is 266 g/mol. The average molecular weight is 287 g/mol. The minimum atomic E-state index is -0.0992. The Morgan fingerprint density at radius 1 is 1.52 bits per heavy atom. The molecule has 2 heterocycles. The highest BCUT2D eigenvalue weighted by Crippen LogP contribution is 2.39. The van der Waals surface area contributed by atoms with E-state index in [1.54, 1.807) is 6.20 Å². The zero-order valence-electron chi connectivity index (χ0n) is 12.7. The lowest BCUT2D eigenvalue weighted by Crippen LogP contribution is -2.39. The molecule has 1 unspecified atom stereocenters. The number of nitrogens with zero attached hydrogens (tertiary/aromatic N) is 3. The van der Waals surface area contributed by atoms with Crippen molar-refractivity contribution in [2.45, 2.75) is 31.7 Å². The number of carbonyl (C=O) groups is 1. The normalized spacial score (nSPS) is 16.4. The molecular formula is C15H21N5O. The number of hydrogen-bond acceptors (Lipinski definition) is 4. The van der Waals surface area contributed by atoms with E-state index in [1.165, 1.54) is 12.8 Å². The summed E-state index contributed by atoms with van der Waals surface area (Å²) in [4.78, 5) is 26.5. The Morgan fingerprint density at radius 3 is 2.95 bits per heavy atom. The third-order valence-corrected chi connectivity index (χ3v) is 3.66. The molecule has 2 aromatic rings. The van der Waals surface area contributed by atoms with Gasteiger partial charge in [0.05, 0.1) is 17.5 Å². The van der Waals surface area contributed by atoms with Crippen LogP contribution in [-0.2, 0) is 0 Å². The largest absolute Gasteiger partial charge is 0.348 e. The molecule has 2 aromatic heterocycles. The number of aromatic nitrogens is 3. The van der Waals surface area contributed by atoms with Crippen LogP contribution in [0.5, 0.6) is 0 Å². The van der Waals surface area contributed by atoms with Gasteiger partial charge in [-0.25, -0.2) is 9.97 Å². The average Bonchev–Trinajstić information content (AvgIpc) is 3.16. The molecule has 0 bridgehead atoms. The van der Waals surface area contributed by atoms with Crippen LogP contribution in [0.3, 0.4) is 0 Å². The fourth-order valence-electron chi connectivity index (χ4n) is 2.55. The Labute approximate surface area is 124 Å². The predicted molar refractivity (Wildman–Crippen MR) is 81.3 cm³/mol. The highest BCUT2D eigenvalue weighted by atomic mass is 16.1. The van der Waals surface area contributed by atoms with Crippen LogP contribution in [0.2, 0.25) is 0 Å². The Kier molecular flexibility index (Phi) is 3.63. The minimum Gasteiger partial charge on any atom is -0.348 e. The van der Waals surface area contributed by atoms with Crippen LogP contribution in [0.1, 0.15) is 41.7 Å². The number of likely N-dealkylation sites (N-methyl/N-ethyl adjacent to an activating group) is 1. The van der Waals surface area contributed by atoms with Gasteiger partial charge in [0.15, 0.2) is 5.65 Å². The summed E-state index contributed by atoms with van der Waals surface area (Å²) in [6, 6.07) is 0.0806. The number of carbonyl (C=O) groups excluding carboxylic acids is 1. The molecule has 21 heavy (non-hydrogen) atoms.